The van der Waals surface area contributed by atoms with Gasteiger partial charge in [0.1, 0.15) is 11.5 Å². The number of anilines is 1. The van der Waals surface area contributed by atoms with Crippen molar-refractivity contribution in [3.63, 3.8) is 0 Å². The Balaban J connectivity index is 1.36. The largest absolute Gasteiger partial charge is 0.469 e. The van der Waals surface area contributed by atoms with Gasteiger partial charge in [0.05, 0.1) is 30.8 Å². The van der Waals surface area contributed by atoms with Crippen molar-refractivity contribution in [3.8, 4) is 11.5 Å². The molecule has 1 N–H and O–H groups in total. The number of carbonyl (C=O) groups is 1. The average Bonchev–Trinajstić information content (AvgIpc) is 3.54. The molecule has 0 bridgehead atoms. The van der Waals surface area contributed by atoms with E-state index in [0.717, 1.165) is 50.9 Å². The second-order valence-electron chi connectivity index (χ2n) is 9.64. The molecule has 3 aromatic rings. The van der Waals surface area contributed by atoms with Gasteiger partial charge in [-0.05, 0) is 56.4 Å². The third-order valence-electron chi connectivity index (χ3n) is 7.39. The fraction of sp³-hybridized carbons (Fsp3) is 0.542. The van der Waals surface area contributed by atoms with Crippen molar-refractivity contribution in [2.45, 2.75) is 50.8 Å². The van der Waals surface area contributed by atoms with Crippen molar-refractivity contribution < 1.29 is 23.0 Å². The van der Waals surface area contributed by atoms with Crippen LogP contribution in [0.5, 0.6) is 0 Å². The Kier molecular flexibility index (Phi) is 5.58. The molecular formula is C24H26F2N6O3. The molecule has 6 rings (SSSR count). The zero-order chi connectivity index (χ0) is 24.1. The van der Waals surface area contributed by atoms with Crippen molar-refractivity contribution in [1.82, 2.24) is 24.7 Å². The van der Waals surface area contributed by atoms with E-state index in [4.69, 9.17) is 9.47 Å². The number of halogens is 2. The van der Waals surface area contributed by atoms with Crippen molar-refractivity contribution in [2.24, 2.45) is 17.8 Å². The number of methoxy groups -OCH3 is 1. The van der Waals surface area contributed by atoms with Gasteiger partial charge in [-0.15, -0.1) is 0 Å². The SMILES string of the molecule is COC(=O)[C@H]1C[C@@H]2C[C@@H]2C[C@@H]1Nc1nc(-c2nn(C3CCCCO3)c3ncc(F)cc23)ncc1F. The van der Waals surface area contributed by atoms with Crippen LogP contribution >= 0.6 is 0 Å². The predicted molar refractivity (Wildman–Crippen MR) is 121 cm³/mol. The standard InChI is InChI=1S/C24H26F2N6O3/c1-34-24(33)15-7-12-6-13(12)8-18(15)29-21-17(26)11-27-22(30-21)20-16-9-14(25)10-28-23(16)32(31-20)19-4-2-3-5-35-19/h9-13,15,18-19H,2-8H2,1H3,(H,27,29,30)/t12-,13+,15-,18-,19?/m0/s1. The predicted octanol–water partition coefficient (Wildman–Crippen LogP) is 3.87. The second kappa shape index (κ2) is 8.78. The number of nitrogens with one attached hydrogen (secondary N) is 1. The van der Waals surface area contributed by atoms with Gasteiger partial charge < -0.3 is 14.8 Å². The van der Waals surface area contributed by atoms with E-state index in [1.165, 1.54) is 13.2 Å². The number of hydrogen-bond donors (Lipinski definition) is 1. The Bertz CT molecular complexity index is 1280. The summed E-state index contributed by atoms with van der Waals surface area (Å²) in [4.78, 5) is 25.2. The molecule has 1 aliphatic heterocycles. The molecule has 5 atom stereocenters. The van der Waals surface area contributed by atoms with E-state index in [1.807, 2.05) is 0 Å². The normalized spacial score (nSPS) is 27.9. The van der Waals surface area contributed by atoms with Crippen LogP contribution in [0.2, 0.25) is 0 Å². The second-order valence-corrected chi connectivity index (χ2v) is 9.64. The number of nitrogens with zero attached hydrogens (tertiary/aromatic N) is 5. The van der Waals surface area contributed by atoms with Gasteiger partial charge in [0.2, 0.25) is 0 Å². The van der Waals surface area contributed by atoms with Gasteiger partial charge in [-0.1, -0.05) is 0 Å². The molecule has 0 aromatic carbocycles. The molecule has 1 saturated heterocycles. The topological polar surface area (TPSA) is 104 Å². The van der Waals surface area contributed by atoms with Gasteiger partial charge in [0, 0.05) is 12.6 Å². The van der Waals surface area contributed by atoms with Crippen LogP contribution in [0.3, 0.4) is 0 Å². The number of ether oxygens (including phenoxy) is 2. The number of rotatable bonds is 5. The van der Waals surface area contributed by atoms with Crippen molar-refractivity contribution in [2.75, 3.05) is 19.0 Å². The molecule has 2 saturated carbocycles. The van der Waals surface area contributed by atoms with E-state index in [-0.39, 0.29) is 35.8 Å². The quantitative estimate of drug-likeness (QED) is 0.545. The summed E-state index contributed by atoms with van der Waals surface area (Å²) in [7, 11) is 1.37. The average molecular weight is 485 g/mol. The van der Waals surface area contributed by atoms with Crippen molar-refractivity contribution in [1.29, 1.82) is 0 Å². The van der Waals surface area contributed by atoms with Crippen molar-refractivity contribution >= 4 is 22.8 Å². The van der Waals surface area contributed by atoms with Gasteiger partial charge in [-0.3, -0.25) is 4.79 Å². The minimum absolute atomic E-state index is 0.0195. The monoisotopic (exact) mass is 484 g/mol. The first-order valence-electron chi connectivity index (χ1n) is 12.0. The molecular weight excluding hydrogens is 458 g/mol. The fourth-order valence-electron chi connectivity index (χ4n) is 5.48. The number of fused-ring (bicyclic) bond motifs is 2. The molecule has 9 nitrogen and oxygen atoms in total. The maximum absolute atomic E-state index is 14.8. The first-order valence-corrected chi connectivity index (χ1v) is 12.0. The van der Waals surface area contributed by atoms with Gasteiger partial charge >= 0.3 is 5.97 Å². The Morgan fingerprint density at radius 3 is 2.83 bits per heavy atom. The molecule has 0 amide bonds. The summed E-state index contributed by atoms with van der Waals surface area (Å²) in [6.45, 7) is 0.605. The molecule has 1 unspecified atom stereocenters. The lowest BCUT2D eigenvalue weighted by Crippen LogP contribution is -2.39. The molecule has 184 valence electrons. The van der Waals surface area contributed by atoms with Crippen LogP contribution in [0.25, 0.3) is 22.6 Å². The third kappa shape index (κ3) is 4.11. The van der Waals surface area contributed by atoms with E-state index >= 15 is 0 Å². The molecule has 3 fully saturated rings. The van der Waals surface area contributed by atoms with E-state index in [0.29, 0.717) is 35.2 Å². The maximum atomic E-state index is 14.8. The van der Waals surface area contributed by atoms with Crippen LogP contribution in [-0.4, -0.2) is 50.5 Å². The summed E-state index contributed by atoms with van der Waals surface area (Å²) in [5.41, 5.74) is 0.744. The van der Waals surface area contributed by atoms with E-state index in [2.05, 4.69) is 25.4 Å². The molecule has 4 heterocycles. The summed E-state index contributed by atoms with van der Waals surface area (Å²) in [5.74, 6) is -0.664. The molecule has 3 aliphatic rings. The van der Waals surface area contributed by atoms with Gasteiger partial charge in [0.15, 0.2) is 29.3 Å². The maximum Gasteiger partial charge on any atom is 0.310 e. The minimum Gasteiger partial charge on any atom is -0.469 e. The van der Waals surface area contributed by atoms with Gasteiger partial charge in [0.25, 0.3) is 0 Å². The van der Waals surface area contributed by atoms with Crippen LogP contribution in [0.4, 0.5) is 14.6 Å². The smallest absolute Gasteiger partial charge is 0.310 e. The Morgan fingerprint density at radius 1 is 1.17 bits per heavy atom. The van der Waals surface area contributed by atoms with Crippen LogP contribution in [0.15, 0.2) is 18.5 Å². The highest BCUT2D eigenvalue weighted by molar-refractivity contribution is 5.89. The summed E-state index contributed by atoms with van der Waals surface area (Å²) in [6.07, 6.45) is 7.11. The van der Waals surface area contributed by atoms with Crippen LogP contribution in [-0.2, 0) is 14.3 Å². The number of hydrogen-bond acceptors (Lipinski definition) is 8. The highest BCUT2D eigenvalue weighted by Gasteiger charge is 2.49. The van der Waals surface area contributed by atoms with Crippen LogP contribution in [0.1, 0.15) is 44.8 Å². The molecule has 3 aromatic heterocycles. The van der Waals surface area contributed by atoms with Gasteiger partial charge in [-0.2, -0.15) is 5.10 Å². The summed E-state index contributed by atoms with van der Waals surface area (Å²) in [5, 5.41) is 8.18. The summed E-state index contributed by atoms with van der Waals surface area (Å²) < 4.78 is 41.4. The Morgan fingerprint density at radius 2 is 2.03 bits per heavy atom. The van der Waals surface area contributed by atoms with E-state index < -0.39 is 11.6 Å². The molecule has 2 aliphatic carbocycles. The van der Waals surface area contributed by atoms with Crippen LogP contribution in [0, 0.1) is 29.4 Å². The first kappa shape index (κ1) is 22.3. The van der Waals surface area contributed by atoms with E-state index in [9.17, 15) is 13.6 Å². The first-order chi connectivity index (χ1) is 17.0. The van der Waals surface area contributed by atoms with Crippen LogP contribution < -0.4 is 5.32 Å². The highest BCUT2D eigenvalue weighted by Crippen LogP contribution is 2.52. The third-order valence-corrected chi connectivity index (χ3v) is 7.39. The number of aromatic nitrogens is 5. The number of esters is 1. The number of carbonyl (C=O) groups excluding carboxylic acids is 1. The lowest BCUT2D eigenvalue weighted by atomic mass is 9.84. The molecule has 0 spiro atoms. The molecule has 11 heteroatoms. The Labute approximate surface area is 200 Å². The Hall–Kier alpha value is -3.21. The van der Waals surface area contributed by atoms with Gasteiger partial charge in [-0.25, -0.2) is 28.4 Å². The van der Waals surface area contributed by atoms with E-state index in [1.54, 1.807) is 4.68 Å². The minimum atomic E-state index is -0.640. The zero-order valence-electron chi connectivity index (χ0n) is 19.3. The summed E-state index contributed by atoms with van der Waals surface area (Å²) in [6, 6.07) is 1.03. The fourth-order valence-corrected chi connectivity index (χ4v) is 5.48. The lowest BCUT2D eigenvalue weighted by molar-refractivity contribution is -0.147. The molecule has 35 heavy (non-hydrogen) atoms. The highest BCUT2D eigenvalue weighted by atomic mass is 19.1. The zero-order valence-corrected chi connectivity index (χ0v) is 19.3. The summed E-state index contributed by atoms with van der Waals surface area (Å²) >= 11 is 0. The molecule has 0 radical (unpaired) electrons. The number of pyridine rings is 1. The van der Waals surface area contributed by atoms with Crippen molar-refractivity contribution in [3.05, 3.63) is 30.1 Å². The lowest BCUT2D eigenvalue weighted by Gasteiger charge is -2.30.